The van der Waals surface area contributed by atoms with E-state index in [2.05, 4.69) is 16.8 Å². The summed E-state index contributed by atoms with van der Waals surface area (Å²) in [6, 6.07) is 9.83. The summed E-state index contributed by atoms with van der Waals surface area (Å²) in [6.45, 7) is 0.669. The number of fused-ring (bicyclic) bond motifs is 1. The lowest BCUT2D eigenvalue weighted by Crippen LogP contribution is -2.35. The van der Waals surface area contributed by atoms with E-state index in [0.29, 0.717) is 13.0 Å². The van der Waals surface area contributed by atoms with Crippen LogP contribution in [0.15, 0.2) is 48.7 Å². The van der Waals surface area contributed by atoms with E-state index in [1.165, 1.54) is 4.90 Å². The largest absolute Gasteiger partial charge is 0.350 e. The molecule has 0 spiro atoms. The second-order valence-corrected chi connectivity index (χ2v) is 6.62. The molecule has 1 amide bonds. The maximum Gasteiger partial charge on any atom is 0.257 e. The van der Waals surface area contributed by atoms with Gasteiger partial charge in [-0.1, -0.05) is 24.3 Å². The molecule has 3 nitrogen and oxygen atoms in total. The minimum absolute atomic E-state index is 0.288. The molecule has 2 aromatic carbocycles. The lowest BCUT2D eigenvalue weighted by Gasteiger charge is -2.26. The Balaban J connectivity index is 1.60. The number of rotatable bonds is 2. The highest BCUT2D eigenvalue weighted by molar-refractivity contribution is 5.96. The topological polar surface area (TPSA) is 25.2 Å². The highest BCUT2D eigenvalue weighted by Gasteiger charge is 2.25. The van der Waals surface area contributed by atoms with Gasteiger partial charge in [-0.15, -0.1) is 0 Å². The predicted octanol–water partition coefficient (Wildman–Crippen LogP) is 4.53. The molecule has 1 aromatic heterocycles. The molecule has 0 bridgehead atoms. The number of hydrogen-bond acceptors (Lipinski definition) is 1. The Morgan fingerprint density at radius 1 is 1.04 bits per heavy atom. The number of aryl methyl sites for hydroxylation is 1. The molecule has 0 unspecified atom stereocenters. The van der Waals surface area contributed by atoms with Gasteiger partial charge in [0.15, 0.2) is 17.5 Å². The van der Waals surface area contributed by atoms with Gasteiger partial charge in [0.1, 0.15) is 0 Å². The van der Waals surface area contributed by atoms with Crippen molar-refractivity contribution in [1.29, 1.82) is 0 Å². The van der Waals surface area contributed by atoms with Crippen LogP contribution in [0.3, 0.4) is 0 Å². The Morgan fingerprint density at radius 2 is 1.81 bits per heavy atom. The molecule has 0 saturated carbocycles. The van der Waals surface area contributed by atoms with Crippen molar-refractivity contribution in [2.24, 2.45) is 7.05 Å². The third kappa shape index (κ3) is 2.91. The van der Waals surface area contributed by atoms with E-state index >= 15 is 0 Å². The van der Waals surface area contributed by atoms with Gasteiger partial charge in [0.2, 0.25) is 0 Å². The number of para-hydroxylation sites is 1. The van der Waals surface area contributed by atoms with Gasteiger partial charge in [0, 0.05) is 42.8 Å². The molecule has 4 rings (SSSR count). The Hall–Kier alpha value is -3.02. The Kier molecular flexibility index (Phi) is 4.26. The lowest BCUT2D eigenvalue weighted by atomic mass is 9.98. The number of aromatic nitrogens is 1. The average Bonchev–Trinajstić information content (AvgIpc) is 3.03. The molecule has 0 aliphatic carbocycles. The molecule has 3 aromatic rings. The van der Waals surface area contributed by atoms with E-state index in [0.717, 1.165) is 34.2 Å². The van der Waals surface area contributed by atoms with Gasteiger partial charge in [0.25, 0.3) is 5.91 Å². The summed E-state index contributed by atoms with van der Waals surface area (Å²) in [7, 11) is 1.98. The molecular weight excluding hydrogens is 353 g/mol. The van der Waals surface area contributed by atoms with Crippen molar-refractivity contribution in [3.63, 3.8) is 0 Å². The standard InChI is InChI=1S/C21H17F3N2O/c1-25-12-16(14-4-2-3-5-18(14)25)13-8-10-26(11-9-13)21(27)15-6-7-17(22)20(24)19(15)23/h2-8,12H,9-11H2,1H3. The van der Waals surface area contributed by atoms with Gasteiger partial charge in [-0.3, -0.25) is 4.79 Å². The molecule has 0 radical (unpaired) electrons. The summed E-state index contributed by atoms with van der Waals surface area (Å²) in [4.78, 5) is 13.9. The maximum absolute atomic E-state index is 13.9. The Labute approximate surface area is 154 Å². The fourth-order valence-electron chi connectivity index (χ4n) is 3.56. The SMILES string of the molecule is Cn1cc(C2=CCN(C(=O)c3ccc(F)c(F)c3F)CC2)c2ccccc21. The number of halogens is 3. The van der Waals surface area contributed by atoms with Gasteiger partial charge in [0.05, 0.1) is 5.56 Å². The van der Waals surface area contributed by atoms with Crippen LogP contribution in [0.4, 0.5) is 13.2 Å². The van der Waals surface area contributed by atoms with Gasteiger partial charge in [-0.05, 0) is 30.2 Å². The van der Waals surface area contributed by atoms with Crippen LogP contribution in [0.2, 0.25) is 0 Å². The van der Waals surface area contributed by atoms with E-state index in [9.17, 15) is 18.0 Å². The molecular formula is C21H17F3N2O. The fraction of sp³-hybridized carbons (Fsp3) is 0.190. The smallest absolute Gasteiger partial charge is 0.257 e. The third-order valence-corrected chi connectivity index (χ3v) is 5.00. The first-order valence-corrected chi connectivity index (χ1v) is 8.63. The van der Waals surface area contributed by atoms with Crippen LogP contribution in [0, 0.1) is 17.5 Å². The molecule has 0 atom stereocenters. The van der Waals surface area contributed by atoms with Crippen molar-refractivity contribution in [3.8, 4) is 0 Å². The number of nitrogens with zero attached hydrogens (tertiary/aromatic N) is 2. The van der Waals surface area contributed by atoms with Crippen molar-refractivity contribution in [2.75, 3.05) is 13.1 Å². The van der Waals surface area contributed by atoms with Crippen LogP contribution in [0.1, 0.15) is 22.3 Å². The average molecular weight is 370 g/mol. The zero-order chi connectivity index (χ0) is 19.1. The second-order valence-electron chi connectivity index (χ2n) is 6.62. The number of hydrogen-bond donors (Lipinski definition) is 0. The summed E-state index contributed by atoms with van der Waals surface area (Å²) in [5.74, 6) is -5.01. The van der Waals surface area contributed by atoms with Crippen molar-refractivity contribution in [1.82, 2.24) is 9.47 Å². The first-order chi connectivity index (χ1) is 13.0. The van der Waals surface area contributed by atoms with Gasteiger partial charge >= 0.3 is 0 Å². The highest BCUT2D eigenvalue weighted by atomic mass is 19.2. The molecule has 0 saturated heterocycles. The quantitative estimate of drug-likeness (QED) is 0.609. The van der Waals surface area contributed by atoms with E-state index in [1.54, 1.807) is 0 Å². The van der Waals surface area contributed by atoms with Crippen LogP contribution < -0.4 is 0 Å². The first kappa shape index (κ1) is 17.4. The zero-order valence-electron chi connectivity index (χ0n) is 14.7. The van der Waals surface area contributed by atoms with Crippen LogP contribution in [-0.4, -0.2) is 28.5 Å². The van der Waals surface area contributed by atoms with Gasteiger partial charge < -0.3 is 9.47 Å². The number of benzene rings is 2. The first-order valence-electron chi connectivity index (χ1n) is 8.63. The Bertz CT molecular complexity index is 1080. The summed E-state index contributed by atoms with van der Waals surface area (Å²) in [6.07, 6.45) is 4.59. The normalized spacial score (nSPS) is 14.5. The van der Waals surface area contributed by atoms with Crippen LogP contribution >= 0.6 is 0 Å². The fourth-order valence-corrected chi connectivity index (χ4v) is 3.56. The van der Waals surface area contributed by atoms with Crippen molar-refractivity contribution in [3.05, 3.63) is 77.2 Å². The summed E-state index contributed by atoms with van der Waals surface area (Å²) < 4.78 is 42.5. The molecule has 27 heavy (non-hydrogen) atoms. The molecule has 1 aliphatic heterocycles. The molecule has 2 heterocycles. The predicted molar refractivity (Wildman–Crippen MR) is 97.7 cm³/mol. The summed E-state index contributed by atoms with van der Waals surface area (Å²) >= 11 is 0. The Morgan fingerprint density at radius 3 is 2.56 bits per heavy atom. The number of carbonyl (C=O) groups excluding carboxylic acids is 1. The van der Waals surface area contributed by atoms with Crippen molar-refractivity contribution < 1.29 is 18.0 Å². The lowest BCUT2D eigenvalue weighted by molar-refractivity contribution is 0.0767. The van der Waals surface area contributed by atoms with E-state index < -0.39 is 28.9 Å². The van der Waals surface area contributed by atoms with Crippen LogP contribution in [0.5, 0.6) is 0 Å². The molecule has 138 valence electrons. The maximum atomic E-state index is 13.9. The third-order valence-electron chi connectivity index (χ3n) is 5.00. The second kappa shape index (κ2) is 6.61. The van der Waals surface area contributed by atoms with E-state index in [4.69, 9.17) is 0 Å². The summed E-state index contributed by atoms with van der Waals surface area (Å²) in [5.41, 5.74) is 2.90. The summed E-state index contributed by atoms with van der Waals surface area (Å²) in [5, 5.41) is 1.14. The van der Waals surface area contributed by atoms with Crippen molar-refractivity contribution in [2.45, 2.75) is 6.42 Å². The van der Waals surface area contributed by atoms with Crippen LogP contribution in [-0.2, 0) is 7.05 Å². The van der Waals surface area contributed by atoms with E-state index in [1.807, 2.05) is 31.3 Å². The zero-order valence-corrected chi connectivity index (χ0v) is 14.7. The number of carbonyl (C=O) groups is 1. The molecule has 6 heteroatoms. The number of amides is 1. The minimum Gasteiger partial charge on any atom is -0.350 e. The van der Waals surface area contributed by atoms with Crippen LogP contribution in [0.25, 0.3) is 16.5 Å². The minimum atomic E-state index is -1.62. The van der Waals surface area contributed by atoms with E-state index in [-0.39, 0.29) is 6.54 Å². The molecule has 0 N–H and O–H groups in total. The molecule has 1 aliphatic rings. The van der Waals surface area contributed by atoms with Crippen molar-refractivity contribution >= 4 is 22.4 Å². The molecule has 0 fully saturated rings. The van der Waals surface area contributed by atoms with Gasteiger partial charge in [-0.2, -0.15) is 0 Å². The monoisotopic (exact) mass is 370 g/mol. The van der Waals surface area contributed by atoms with Gasteiger partial charge in [-0.25, -0.2) is 13.2 Å². The highest BCUT2D eigenvalue weighted by Crippen LogP contribution is 2.31.